The molecule has 0 spiro atoms. The molecule has 0 radical (unpaired) electrons. The maximum atomic E-state index is 10.4. The molecule has 3 aliphatic rings. The van der Waals surface area contributed by atoms with E-state index in [1.54, 1.807) is 0 Å². The average molecular weight is 495 g/mol. The molecule has 4 heterocycles. The van der Waals surface area contributed by atoms with Gasteiger partial charge in [-0.3, -0.25) is 0 Å². The highest BCUT2D eigenvalue weighted by molar-refractivity contribution is 5.99. The minimum Gasteiger partial charge on any atom is -0.508 e. The molecule has 4 aromatic rings. The lowest BCUT2D eigenvalue weighted by molar-refractivity contribution is 0.187. The SMILES string of the molecule is CN1CCC[C@H]1COc1nc(C2CC3CCC(C2)N3)c2ccc(-c3cc(O)cc4ccccc34)cc2n1. The smallest absolute Gasteiger partial charge is 0.317 e. The third kappa shape index (κ3) is 4.32. The molecule has 37 heavy (non-hydrogen) atoms. The van der Waals surface area contributed by atoms with Gasteiger partial charge in [-0.05, 0) is 92.2 Å². The van der Waals surface area contributed by atoms with Crippen molar-refractivity contribution in [3.63, 3.8) is 0 Å². The second kappa shape index (κ2) is 9.26. The van der Waals surface area contributed by atoms with Crippen molar-refractivity contribution < 1.29 is 9.84 Å². The predicted molar refractivity (Wildman–Crippen MR) is 147 cm³/mol. The number of aromatic hydroxyl groups is 1. The van der Waals surface area contributed by atoms with Crippen molar-refractivity contribution >= 4 is 21.7 Å². The number of hydrogen-bond donors (Lipinski definition) is 2. The summed E-state index contributed by atoms with van der Waals surface area (Å²) in [4.78, 5) is 12.4. The summed E-state index contributed by atoms with van der Waals surface area (Å²) in [5.74, 6) is 0.681. The summed E-state index contributed by atoms with van der Waals surface area (Å²) in [6, 6.07) is 20.4. The second-order valence-electron chi connectivity index (χ2n) is 11.2. The zero-order valence-electron chi connectivity index (χ0n) is 21.4. The molecule has 3 fully saturated rings. The summed E-state index contributed by atoms with van der Waals surface area (Å²) in [7, 11) is 2.17. The van der Waals surface area contributed by atoms with E-state index in [0.29, 0.717) is 36.7 Å². The average Bonchev–Trinajstić information content (AvgIpc) is 3.49. The molecule has 0 amide bonds. The monoisotopic (exact) mass is 494 g/mol. The fourth-order valence-corrected chi connectivity index (χ4v) is 6.85. The van der Waals surface area contributed by atoms with Crippen LogP contribution in [0.5, 0.6) is 11.8 Å². The molecule has 3 aliphatic heterocycles. The van der Waals surface area contributed by atoms with Crippen LogP contribution in [0.4, 0.5) is 0 Å². The molecule has 3 aromatic carbocycles. The Balaban J connectivity index is 1.32. The lowest BCUT2D eigenvalue weighted by Crippen LogP contribution is -2.37. The number of rotatable bonds is 5. The topological polar surface area (TPSA) is 70.5 Å². The van der Waals surface area contributed by atoms with Gasteiger partial charge in [-0.2, -0.15) is 9.97 Å². The zero-order chi connectivity index (χ0) is 24.9. The van der Waals surface area contributed by atoms with Crippen LogP contribution in [0.25, 0.3) is 32.8 Å². The Hall–Kier alpha value is -3.22. The minimum absolute atomic E-state index is 0.270. The number of aromatic nitrogens is 2. The van der Waals surface area contributed by atoms with Gasteiger partial charge in [-0.1, -0.05) is 36.4 Å². The summed E-state index contributed by atoms with van der Waals surface area (Å²) in [5, 5.41) is 17.5. The lowest BCUT2D eigenvalue weighted by Gasteiger charge is -2.29. The van der Waals surface area contributed by atoms with Crippen molar-refractivity contribution in [3.05, 3.63) is 60.3 Å². The normalized spacial score (nSPS) is 25.8. The number of nitrogens with one attached hydrogen (secondary N) is 1. The summed E-state index contributed by atoms with van der Waals surface area (Å²) < 4.78 is 6.28. The first kappa shape index (κ1) is 22.9. The van der Waals surface area contributed by atoms with Crippen LogP contribution in [-0.2, 0) is 0 Å². The van der Waals surface area contributed by atoms with Crippen LogP contribution in [0.2, 0.25) is 0 Å². The molecular weight excluding hydrogens is 460 g/mol. The quantitative estimate of drug-likeness (QED) is 0.375. The maximum Gasteiger partial charge on any atom is 0.317 e. The first-order valence-electron chi connectivity index (χ1n) is 13.7. The number of likely N-dealkylation sites (tertiary alicyclic amines) is 1. The number of likely N-dealkylation sites (N-methyl/N-ethyl adjacent to an activating group) is 1. The number of ether oxygens (including phenoxy) is 1. The molecule has 1 aromatic heterocycles. The van der Waals surface area contributed by atoms with Crippen molar-refractivity contribution in [3.8, 4) is 22.9 Å². The van der Waals surface area contributed by atoms with E-state index in [9.17, 15) is 5.11 Å². The molecule has 190 valence electrons. The fraction of sp³-hybridized carbons (Fsp3) is 0.419. The van der Waals surface area contributed by atoms with E-state index in [0.717, 1.165) is 64.3 Å². The largest absolute Gasteiger partial charge is 0.508 e. The Morgan fingerprint density at radius 1 is 0.973 bits per heavy atom. The Morgan fingerprint density at radius 2 is 1.81 bits per heavy atom. The van der Waals surface area contributed by atoms with Gasteiger partial charge in [0.2, 0.25) is 0 Å². The van der Waals surface area contributed by atoms with Gasteiger partial charge in [-0.25, -0.2) is 0 Å². The van der Waals surface area contributed by atoms with E-state index in [1.165, 1.54) is 19.3 Å². The molecule has 6 heteroatoms. The lowest BCUT2D eigenvalue weighted by atomic mass is 9.87. The summed E-state index contributed by atoms with van der Waals surface area (Å²) in [5.41, 5.74) is 4.09. The number of benzene rings is 3. The van der Waals surface area contributed by atoms with Crippen molar-refractivity contribution in [2.24, 2.45) is 0 Å². The van der Waals surface area contributed by atoms with Crippen LogP contribution in [0.15, 0.2) is 54.6 Å². The first-order chi connectivity index (χ1) is 18.1. The molecule has 0 aliphatic carbocycles. The summed E-state index contributed by atoms with van der Waals surface area (Å²) >= 11 is 0. The molecule has 6 nitrogen and oxygen atoms in total. The van der Waals surface area contributed by atoms with Crippen LogP contribution in [0.3, 0.4) is 0 Å². The van der Waals surface area contributed by atoms with Gasteiger partial charge in [0.25, 0.3) is 0 Å². The number of phenolic OH excluding ortho intramolecular Hbond substituents is 1. The molecule has 0 saturated carbocycles. The van der Waals surface area contributed by atoms with Gasteiger partial charge in [-0.15, -0.1) is 0 Å². The van der Waals surface area contributed by atoms with Gasteiger partial charge in [0.15, 0.2) is 0 Å². The number of piperidine rings is 1. The van der Waals surface area contributed by atoms with Crippen LogP contribution in [0, 0.1) is 0 Å². The van der Waals surface area contributed by atoms with Crippen LogP contribution in [0.1, 0.15) is 50.1 Å². The highest BCUT2D eigenvalue weighted by Gasteiger charge is 2.36. The molecular formula is C31H34N4O2. The maximum absolute atomic E-state index is 10.4. The van der Waals surface area contributed by atoms with E-state index in [2.05, 4.69) is 41.5 Å². The molecule has 3 saturated heterocycles. The van der Waals surface area contributed by atoms with E-state index in [-0.39, 0.29) is 5.75 Å². The third-order valence-electron chi connectivity index (χ3n) is 8.80. The molecule has 2 bridgehead atoms. The summed E-state index contributed by atoms with van der Waals surface area (Å²) in [6.45, 7) is 1.74. The van der Waals surface area contributed by atoms with Crippen molar-refractivity contribution in [1.82, 2.24) is 20.2 Å². The van der Waals surface area contributed by atoms with Crippen LogP contribution >= 0.6 is 0 Å². The standard InChI is InChI=1S/C31H34N4O2/c1-35-12-4-6-24(35)18-37-31-33-29-16-20(28-17-25(36)15-19-5-2-3-7-26(19)28)8-11-27(29)30(34-31)21-13-22-9-10-23(14-21)32-22/h2-3,5,7-8,11,15-17,21-24,32,36H,4,6,9-10,12-14,18H2,1H3/t21?,22?,23?,24-/m0/s1. The van der Waals surface area contributed by atoms with Crippen LogP contribution < -0.4 is 10.1 Å². The number of fused-ring (bicyclic) bond motifs is 4. The molecule has 2 unspecified atom stereocenters. The Morgan fingerprint density at radius 3 is 2.62 bits per heavy atom. The van der Waals surface area contributed by atoms with E-state index < -0.39 is 0 Å². The zero-order valence-corrected chi connectivity index (χ0v) is 21.4. The van der Waals surface area contributed by atoms with Gasteiger partial charge in [0.1, 0.15) is 12.4 Å². The van der Waals surface area contributed by atoms with Crippen molar-refractivity contribution in [2.75, 3.05) is 20.2 Å². The first-order valence-corrected chi connectivity index (χ1v) is 13.7. The Bertz CT molecular complexity index is 1460. The predicted octanol–water partition coefficient (Wildman–Crippen LogP) is 5.63. The van der Waals surface area contributed by atoms with Gasteiger partial charge in [0, 0.05) is 29.4 Å². The fourth-order valence-electron chi connectivity index (χ4n) is 6.85. The molecule has 3 atom stereocenters. The number of nitrogens with zero attached hydrogens (tertiary/aromatic N) is 3. The highest BCUT2D eigenvalue weighted by Crippen LogP contribution is 2.41. The van der Waals surface area contributed by atoms with Gasteiger partial charge >= 0.3 is 6.01 Å². The highest BCUT2D eigenvalue weighted by atomic mass is 16.5. The Labute approximate surface area is 217 Å². The van der Waals surface area contributed by atoms with E-state index >= 15 is 0 Å². The van der Waals surface area contributed by atoms with E-state index in [4.69, 9.17) is 14.7 Å². The second-order valence-corrected chi connectivity index (χ2v) is 11.2. The summed E-state index contributed by atoms with van der Waals surface area (Å²) in [6.07, 6.45) is 7.13. The van der Waals surface area contributed by atoms with Crippen molar-refractivity contribution in [1.29, 1.82) is 0 Å². The third-order valence-corrected chi connectivity index (χ3v) is 8.80. The minimum atomic E-state index is 0.270. The Kier molecular flexibility index (Phi) is 5.74. The van der Waals surface area contributed by atoms with Crippen LogP contribution in [-0.4, -0.2) is 58.3 Å². The molecule has 7 rings (SSSR count). The van der Waals surface area contributed by atoms with Crippen molar-refractivity contribution in [2.45, 2.75) is 62.6 Å². The van der Waals surface area contributed by atoms with E-state index in [1.807, 2.05) is 30.3 Å². The van der Waals surface area contributed by atoms with Gasteiger partial charge in [0.05, 0.1) is 11.2 Å². The van der Waals surface area contributed by atoms with Gasteiger partial charge < -0.3 is 20.1 Å². The number of phenols is 1. The number of hydrogen-bond acceptors (Lipinski definition) is 6. The molecule has 2 N–H and O–H groups in total.